The van der Waals surface area contributed by atoms with Crippen LogP contribution in [-0.2, 0) is 11.2 Å². The molecule has 6 heteroatoms. The highest BCUT2D eigenvalue weighted by Gasteiger charge is 2.30. The summed E-state index contributed by atoms with van der Waals surface area (Å²) < 4.78 is 5.83. The van der Waals surface area contributed by atoms with Gasteiger partial charge in [0.2, 0.25) is 5.91 Å². The number of rotatable bonds is 4. The van der Waals surface area contributed by atoms with Crippen LogP contribution in [0.15, 0.2) is 77.5 Å². The molecule has 1 unspecified atom stereocenters. The second-order valence-electron chi connectivity index (χ2n) is 8.49. The monoisotopic (exact) mass is 439 g/mol. The maximum atomic E-state index is 13.3. The molecule has 6 nitrogen and oxygen atoms in total. The Morgan fingerprint density at radius 1 is 1.12 bits per heavy atom. The van der Waals surface area contributed by atoms with Crippen LogP contribution in [0.1, 0.15) is 21.7 Å². The number of nitrogens with one attached hydrogen (secondary N) is 1. The fourth-order valence-corrected chi connectivity index (χ4v) is 4.44. The predicted molar refractivity (Wildman–Crippen MR) is 127 cm³/mol. The molecular formula is C27H25N3O3. The average Bonchev–Trinajstić information content (AvgIpc) is 3.17. The zero-order valence-electron chi connectivity index (χ0n) is 18.5. The Kier molecular flexibility index (Phi) is 5.65. The number of hydrogen-bond acceptors (Lipinski definition) is 4. The molecule has 0 spiro atoms. The summed E-state index contributed by atoms with van der Waals surface area (Å²) in [5.41, 5.74) is 5.00. The van der Waals surface area contributed by atoms with Gasteiger partial charge in [0.1, 0.15) is 5.58 Å². The first-order chi connectivity index (χ1) is 16.1. The lowest BCUT2D eigenvalue weighted by Gasteiger charge is -2.23. The lowest BCUT2D eigenvalue weighted by Crippen LogP contribution is -2.37. The minimum absolute atomic E-state index is 0.0323. The van der Waals surface area contributed by atoms with Gasteiger partial charge in [-0.15, -0.1) is 0 Å². The highest BCUT2D eigenvalue weighted by molar-refractivity contribution is 5.96. The lowest BCUT2D eigenvalue weighted by molar-refractivity contribution is -0.124. The zero-order valence-corrected chi connectivity index (χ0v) is 18.5. The third kappa shape index (κ3) is 4.37. The van der Waals surface area contributed by atoms with Crippen LogP contribution >= 0.6 is 0 Å². The van der Waals surface area contributed by atoms with Crippen molar-refractivity contribution >= 4 is 22.8 Å². The average molecular weight is 440 g/mol. The van der Waals surface area contributed by atoms with Gasteiger partial charge in [0.15, 0.2) is 5.76 Å². The van der Waals surface area contributed by atoms with E-state index in [0.29, 0.717) is 37.4 Å². The van der Waals surface area contributed by atoms with Gasteiger partial charge in [0, 0.05) is 37.4 Å². The maximum Gasteiger partial charge on any atom is 0.289 e. The number of aromatic nitrogens is 1. The van der Waals surface area contributed by atoms with Crippen molar-refractivity contribution in [3.8, 4) is 11.1 Å². The number of carbonyl (C=O) groups excluding carboxylic acids is 2. The molecule has 1 saturated heterocycles. The number of aryl methyl sites for hydroxylation is 1. The molecule has 2 aromatic carbocycles. The number of pyridine rings is 1. The zero-order chi connectivity index (χ0) is 22.8. The van der Waals surface area contributed by atoms with E-state index in [4.69, 9.17) is 4.42 Å². The molecule has 5 rings (SSSR count). The van der Waals surface area contributed by atoms with Crippen LogP contribution in [0.5, 0.6) is 0 Å². The molecule has 0 saturated carbocycles. The van der Waals surface area contributed by atoms with Crippen LogP contribution in [0.3, 0.4) is 0 Å². The molecule has 1 fully saturated rings. The molecular weight excluding hydrogens is 414 g/mol. The van der Waals surface area contributed by atoms with E-state index in [1.807, 2.05) is 55.5 Å². The van der Waals surface area contributed by atoms with Crippen molar-refractivity contribution in [1.29, 1.82) is 0 Å². The van der Waals surface area contributed by atoms with Crippen molar-refractivity contribution in [1.82, 2.24) is 15.2 Å². The van der Waals surface area contributed by atoms with Gasteiger partial charge < -0.3 is 14.6 Å². The smallest absolute Gasteiger partial charge is 0.289 e. The molecule has 3 heterocycles. The number of fused-ring (bicyclic) bond motifs is 1. The van der Waals surface area contributed by atoms with Crippen molar-refractivity contribution in [2.24, 2.45) is 5.92 Å². The Morgan fingerprint density at radius 3 is 2.79 bits per heavy atom. The van der Waals surface area contributed by atoms with E-state index >= 15 is 0 Å². The normalized spacial score (nSPS) is 16.5. The minimum atomic E-state index is -0.355. The van der Waals surface area contributed by atoms with Crippen molar-refractivity contribution in [2.45, 2.75) is 13.3 Å². The van der Waals surface area contributed by atoms with Crippen LogP contribution in [0.25, 0.3) is 22.1 Å². The minimum Gasteiger partial charge on any atom is -0.451 e. The van der Waals surface area contributed by atoms with Gasteiger partial charge >= 0.3 is 0 Å². The molecule has 0 aliphatic carbocycles. The highest BCUT2D eigenvalue weighted by Crippen LogP contribution is 2.27. The number of hydrogen-bond donors (Lipinski definition) is 1. The van der Waals surface area contributed by atoms with E-state index in [-0.39, 0.29) is 17.7 Å². The number of nitrogens with zero attached hydrogens (tertiary/aromatic N) is 2. The Morgan fingerprint density at radius 2 is 1.94 bits per heavy atom. The molecule has 2 amide bonds. The van der Waals surface area contributed by atoms with Crippen LogP contribution in [0.2, 0.25) is 0 Å². The Balaban J connectivity index is 1.40. The largest absolute Gasteiger partial charge is 0.451 e. The summed E-state index contributed by atoms with van der Waals surface area (Å²) in [6.07, 6.45) is 4.06. The third-order valence-corrected chi connectivity index (χ3v) is 6.14. The number of carbonyl (C=O) groups is 2. The van der Waals surface area contributed by atoms with E-state index < -0.39 is 0 Å². The first kappa shape index (κ1) is 20.9. The summed E-state index contributed by atoms with van der Waals surface area (Å²) >= 11 is 0. The quantitative estimate of drug-likeness (QED) is 0.516. The van der Waals surface area contributed by atoms with Gasteiger partial charge in [0.25, 0.3) is 5.91 Å². The second-order valence-corrected chi connectivity index (χ2v) is 8.49. The van der Waals surface area contributed by atoms with Crippen molar-refractivity contribution < 1.29 is 14.0 Å². The number of benzene rings is 2. The van der Waals surface area contributed by atoms with Crippen LogP contribution in [0, 0.1) is 12.8 Å². The predicted octanol–water partition coefficient (Wildman–Crippen LogP) is 4.23. The molecule has 1 aliphatic heterocycles. The van der Waals surface area contributed by atoms with E-state index in [1.54, 1.807) is 23.4 Å². The molecule has 166 valence electrons. The third-order valence-electron chi connectivity index (χ3n) is 6.14. The fourth-order valence-electron chi connectivity index (χ4n) is 4.44. The standard InChI is InChI=1S/C27H25N3O3/c1-18-6-7-24-21(14-18)16-25(33-24)27(32)30-13-12-29-26(31)22(17-30)15-20-4-2-3-5-23(20)19-8-10-28-11-9-19/h2-11,14,16,22H,12-13,15,17H2,1H3,(H,29,31). The van der Waals surface area contributed by atoms with E-state index in [2.05, 4.69) is 16.4 Å². The SMILES string of the molecule is Cc1ccc2oc(C(=O)N3CCNC(=O)C(Cc4ccccc4-c4ccncc4)C3)cc2c1. The molecule has 1 N–H and O–H groups in total. The van der Waals surface area contributed by atoms with Crippen molar-refractivity contribution in [3.63, 3.8) is 0 Å². The van der Waals surface area contributed by atoms with Gasteiger partial charge in [-0.2, -0.15) is 0 Å². The molecule has 2 aromatic heterocycles. The van der Waals surface area contributed by atoms with E-state index in [1.165, 1.54) is 0 Å². The molecule has 33 heavy (non-hydrogen) atoms. The van der Waals surface area contributed by atoms with Gasteiger partial charge in [0.05, 0.1) is 5.92 Å². The van der Waals surface area contributed by atoms with Gasteiger partial charge in [-0.25, -0.2) is 0 Å². The van der Waals surface area contributed by atoms with Crippen molar-refractivity contribution in [3.05, 3.63) is 89.9 Å². The lowest BCUT2D eigenvalue weighted by atomic mass is 9.92. The maximum absolute atomic E-state index is 13.3. The van der Waals surface area contributed by atoms with Gasteiger partial charge in [-0.05, 0) is 60.4 Å². The molecule has 1 atom stereocenters. The Bertz CT molecular complexity index is 1310. The molecule has 4 aromatic rings. The molecule has 1 aliphatic rings. The Hall–Kier alpha value is -3.93. The number of amides is 2. The fraction of sp³-hybridized carbons (Fsp3) is 0.222. The van der Waals surface area contributed by atoms with Crippen LogP contribution in [0.4, 0.5) is 0 Å². The summed E-state index contributed by atoms with van der Waals surface area (Å²) in [4.78, 5) is 32.0. The van der Waals surface area contributed by atoms with Crippen molar-refractivity contribution in [2.75, 3.05) is 19.6 Å². The number of furan rings is 1. The summed E-state index contributed by atoms with van der Waals surface area (Å²) in [5.74, 6) is -0.269. The van der Waals surface area contributed by atoms with E-state index in [9.17, 15) is 9.59 Å². The first-order valence-electron chi connectivity index (χ1n) is 11.1. The summed E-state index contributed by atoms with van der Waals surface area (Å²) in [5, 5.41) is 3.88. The summed E-state index contributed by atoms with van der Waals surface area (Å²) in [6, 6.07) is 19.6. The van der Waals surface area contributed by atoms with Gasteiger partial charge in [-0.3, -0.25) is 14.6 Å². The summed E-state index contributed by atoms with van der Waals surface area (Å²) in [6.45, 7) is 3.22. The van der Waals surface area contributed by atoms with Crippen LogP contribution in [-0.4, -0.2) is 41.3 Å². The van der Waals surface area contributed by atoms with Crippen LogP contribution < -0.4 is 5.32 Å². The molecule has 0 radical (unpaired) electrons. The second kappa shape index (κ2) is 8.90. The first-order valence-corrected chi connectivity index (χ1v) is 11.1. The highest BCUT2D eigenvalue weighted by atomic mass is 16.3. The topological polar surface area (TPSA) is 75.4 Å². The van der Waals surface area contributed by atoms with Gasteiger partial charge in [-0.1, -0.05) is 35.9 Å². The summed E-state index contributed by atoms with van der Waals surface area (Å²) in [7, 11) is 0. The molecule has 0 bridgehead atoms. The Labute approximate surface area is 192 Å². The van der Waals surface area contributed by atoms with E-state index in [0.717, 1.165) is 27.6 Å².